The lowest BCUT2D eigenvalue weighted by Crippen LogP contribution is -2.29. The first kappa shape index (κ1) is 16.4. The lowest BCUT2D eigenvalue weighted by atomic mass is 10.0. The number of nitrogens with zero attached hydrogens (tertiary/aromatic N) is 2. The van der Waals surface area contributed by atoms with Crippen LogP contribution in [0.1, 0.15) is 43.7 Å². The Kier molecular flexibility index (Phi) is 4.51. The van der Waals surface area contributed by atoms with E-state index >= 15 is 0 Å². The van der Waals surface area contributed by atoms with Crippen molar-refractivity contribution >= 4 is 28.6 Å². The van der Waals surface area contributed by atoms with Crippen molar-refractivity contribution in [1.29, 1.82) is 0 Å². The van der Waals surface area contributed by atoms with Gasteiger partial charge in [-0.1, -0.05) is 19.9 Å². The maximum Gasteiger partial charge on any atom is 0.306 e. The summed E-state index contributed by atoms with van der Waals surface area (Å²) in [5, 5.41) is 1.11. The van der Waals surface area contributed by atoms with Gasteiger partial charge in [-0.2, -0.15) is 0 Å². The lowest BCUT2D eigenvalue weighted by molar-refractivity contribution is -0.141. The predicted octanol–water partition coefficient (Wildman–Crippen LogP) is 3.20. The van der Waals surface area contributed by atoms with E-state index in [9.17, 15) is 9.59 Å². The van der Waals surface area contributed by atoms with Crippen molar-refractivity contribution in [2.24, 2.45) is 0 Å². The molecule has 1 aromatic carbocycles. The molecule has 0 spiro atoms. The minimum atomic E-state index is -0.365. The van der Waals surface area contributed by atoms with Crippen molar-refractivity contribution in [3.63, 3.8) is 0 Å². The molecule has 126 valence electrons. The van der Waals surface area contributed by atoms with E-state index in [-0.39, 0.29) is 24.7 Å². The number of hydrogen-bond acceptors (Lipinski definition) is 4. The molecule has 5 heteroatoms. The molecule has 0 N–H and O–H groups in total. The Morgan fingerprint density at radius 1 is 1.25 bits per heavy atom. The summed E-state index contributed by atoms with van der Waals surface area (Å²) in [5.74, 6) is 0.758. The number of aromatic nitrogens is 1. The topological polar surface area (TPSA) is 59.5 Å². The van der Waals surface area contributed by atoms with Gasteiger partial charge in [0, 0.05) is 18.4 Å². The minimum absolute atomic E-state index is 0.0789. The summed E-state index contributed by atoms with van der Waals surface area (Å²) in [6.07, 6.45) is 1.05. The number of rotatable bonds is 4. The van der Waals surface area contributed by atoms with Crippen LogP contribution in [-0.2, 0) is 20.7 Å². The van der Waals surface area contributed by atoms with Crippen LogP contribution in [0, 0.1) is 0 Å². The molecule has 24 heavy (non-hydrogen) atoms. The number of esters is 1. The average molecular weight is 326 g/mol. The van der Waals surface area contributed by atoms with Gasteiger partial charge in [-0.25, -0.2) is 4.98 Å². The summed E-state index contributed by atoms with van der Waals surface area (Å²) in [5.41, 5.74) is 3.27. The number of hydrogen-bond donors (Lipinski definition) is 0. The van der Waals surface area contributed by atoms with Crippen LogP contribution in [0.15, 0.2) is 24.3 Å². The third-order valence-corrected chi connectivity index (χ3v) is 4.49. The van der Waals surface area contributed by atoms with Crippen LogP contribution >= 0.6 is 0 Å². The number of methoxy groups -OCH3 is 1. The van der Waals surface area contributed by atoms with Gasteiger partial charge < -0.3 is 4.74 Å². The van der Waals surface area contributed by atoms with Crippen LogP contribution in [0.25, 0.3) is 10.9 Å². The standard InChI is InChI=1S/C19H22N2O3/c1-12(2)13-4-5-16-15(10-13)11-14-8-9-21(19(14)20-16)17(22)6-7-18(23)24-3/h4-5,10-12H,6-9H2,1-3H3. The van der Waals surface area contributed by atoms with Crippen LogP contribution in [0.2, 0.25) is 0 Å². The number of amides is 1. The maximum atomic E-state index is 12.4. The molecule has 0 atom stereocenters. The Morgan fingerprint density at radius 2 is 2.04 bits per heavy atom. The van der Waals surface area contributed by atoms with E-state index in [1.165, 1.54) is 12.7 Å². The van der Waals surface area contributed by atoms with Gasteiger partial charge in [0.1, 0.15) is 5.82 Å². The summed E-state index contributed by atoms with van der Waals surface area (Å²) < 4.78 is 4.60. The zero-order valence-corrected chi connectivity index (χ0v) is 14.3. The molecule has 5 nitrogen and oxygen atoms in total. The van der Waals surface area contributed by atoms with Crippen molar-refractivity contribution in [3.8, 4) is 0 Å². The largest absolute Gasteiger partial charge is 0.469 e. The highest BCUT2D eigenvalue weighted by Crippen LogP contribution is 2.31. The molecule has 0 bridgehead atoms. The number of fused-ring (bicyclic) bond motifs is 2. The van der Waals surface area contributed by atoms with Crippen molar-refractivity contribution in [3.05, 3.63) is 35.4 Å². The summed E-state index contributed by atoms with van der Waals surface area (Å²) in [4.78, 5) is 30.0. The molecule has 0 unspecified atom stereocenters. The number of carbonyl (C=O) groups is 2. The van der Waals surface area contributed by atoms with E-state index in [4.69, 9.17) is 4.98 Å². The predicted molar refractivity (Wildman–Crippen MR) is 93.1 cm³/mol. The highest BCUT2D eigenvalue weighted by Gasteiger charge is 2.27. The Balaban J connectivity index is 1.87. The molecule has 0 aliphatic carbocycles. The first-order chi connectivity index (χ1) is 11.5. The van der Waals surface area contributed by atoms with Gasteiger partial charge in [0.2, 0.25) is 5.91 Å². The van der Waals surface area contributed by atoms with Gasteiger partial charge in [0.15, 0.2) is 0 Å². The van der Waals surface area contributed by atoms with E-state index in [1.807, 2.05) is 6.07 Å². The van der Waals surface area contributed by atoms with Crippen LogP contribution < -0.4 is 4.90 Å². The molecule has 3 rings (SSSR count). The second kappa shape index (κ2) is 6.59. The molecule has 2 heterocycles. The first-order valence-electron chi connectivity index (χ1n) is 8.30. The second-order valence-electron chi connectivity index (χ2n) is 6.45. The van der Waals surface area contributed by atoms with E-state index in [0.29, 0.717) is 12.5 Å². The average Bonchev–Trinajstić information content (AvgIpc) is 2.99. The van der Waals surface area contributed by atoms with Crippen LogP contribution in [0.4, 0.5) is 5.82 Å². The van der Waals surface area contributed by atoms with Crippen LogP contribution in [0.3, 0.4) is 0 Å². The first-order valence-corrected chi connectivity index (χ1v) is 8.30. The summed E-state index contributed by atoms with van der Waals surface area (Å²) in [6.45, 7) is 4.96. The van der Waals surface area contributed by atoms with E-state index < -0.39 is 0 Å². The molecule has 2 aromatic rings. The van der Waals surface area contributed by atoms with E-state index in [0.717, 1.165) is 28.7 Å². The fourth-order valence-electron chi connectivity index (χ4n) is 3.03. The maximum absolute atomic E-state index is 12.4. The van der Waals surface area contributed by atoms with Gasteiger partial charge in [0.05, 0.1) is 19.0 Å². The molecule has 0 saturated heterocycles. The molecule has 0 saturated carbocycles. The zero-order valence-electron chi connectivity index (χ0n) is 14.3. The normalized spacial score (nSPS) is 13.4. The molecular weight excluding hydrogens is 304 g/mol. The monoisotopic (exact) mass is 326 g/mol. The molecule has 1 aromatic heterocycles. The number of pyridine rings is 1. The Hall–Kier alpha value is -2.43. The van der Waals surface area contributed by atoms with Gasteiger partial charge in [-0.15, -0.1) is 0 Å². The Morgan fingerprint density at radius 3 is 2.75 bits per heavy atom. The molecule has 1 amide bonds. The fourth-order valence-corrected chi connectivity index (χ4v) is 3.03. The number of benzene rings is 1. The van der Waals surface area contributed by atoms with Crippen molar-refractivity contribution < 1.29 is 14.3 Å². The second-order valence-corrected chi connectivity index (χ2v) is 6.45. The highest BCUT2D eigenvalue weighted by molar-refractivity contribution is 5.97. The lowest BCUT2D eigenvalue weighted by Gasteiger charge is -2.16. The van der Waals surface area contributed by atoms with Crippen molar-refractivity contribution in [2.75, 3.05) is 18.6 Å². The minimum Gasteiger partial charge on any atom is -0.469 e. The quantitative estimate of drug-likeness (QED) is 0.810. The van der Waals surface area contributed by atoms with E-state index in [1.54, 1.807) is 4.90 Å². The zero-order chi connectivity index (χ0) is 17.3. The number of carbonyl (C=O) groups excluding carboxylic acids is 2. The third-order valence-electron chi connectivity index (χ3n) is 4.49. The Labute approximate surface area is 141 Å². The SMILES string of the molecule is COC(=O)CCC(=O)N1CCc2cc3cc(C(C)C)ccc3nc21. The van der Waals surface area contributed by atoms with Gasteiger partial charge in [-0.05, 0) is 41.7 Å². The van der Waals surface area contributed by atoms with Gasteiger partial charge >= 0.3 is 5.97 Å². The molecule has 0 fully saturated rings. The molecular formula is C19H22N2O3. The number of ether oxygens (including phenoxy) is 1. The van der Waals surface area contributed by atoms with Gasteiger partial charge in [0.25, 0.3) is 0 Å². The molecule has 0 radical (unpaired) electrons. The molecule has 1 aliphatic heterocycles. The molecule has 1 aliphatic rings. The smallest absolute Gasteiger partial charge is 0.306 e. The summed E-state index contributed by atoms with van der Waals surface area (Å²) in [6, 6.07) is 8.41. The third kappa shape index (κ3) is 3.11. The van der Waals surface area contributed by atoms with Crippen LogP contribution in [0.5, 0.6) is 0 Å². The van der Waals surface area contributed by atoms with Gasteiger partial charge in [-0.3, -0.25) is 14.5 Å². The summed E-state index contributed by atoms with van der Waals surface area (Å²) >= 11 is 0. The van der Waals surface area contributed by atoms with Crippen molar-refractivity contribution in [1.82, 2.24) is 4.98 Å². The van der Waals surface area contributed by atoms with E-state index in [2.05, 4.69) is 36.8 Å². The summed E-state index contributed by atoms with van der Waals surface area (Å²) in [7, 11) is 1.33. The number of anilines is 1. The fraction of sp³-hybridized carbons (Fsp3) is 0.421. The highest BCUT2D eigenvalue weighted by atomic mass is 16.5. The van der Waals surface area contributed by atoms with Crippen LogP contribution in [-0.4, -0.2) is 30.5 Å². The van der Waals surface area contributed by atoms with Crippen molar-refractivity contribution in [2.45, 2.75) is 39.0 Å². The Bertz CT molecular complexity index is 799.